The molecular formula is C13H16N4O2. The van der Waals surface area contributed by atoms with Gasteiger partial charge in [0.15, 0.2) is 0 Å². The molecule has 100 valence electrons. The van der Waals surface area contributed by atoms with Crippen LogP contribution in [-0.2, 0) is 11.2 Å². The van der Waals surface area contributed by atoms with Gasteiger partial charge < -0.3 is 10.6 Å². The normalized spacial score (nSPS) is 26.2. The van der Waals surface area contributed by atoms with Crippen LogP contribution in [0.4, 0.5) is 4.79 Å². The zero-order valence-corrected chi connectivity index (χ0v) is 10.6. The molecule has 2 fully saturated rings. The molecule has 2 saturated heterocycles. The van der Waals surface area contributed by atoms with E-state index in [0.717, 1.165) is 12.2 Å². The second kappa shape index (κ2) is 4.62. The molecule has 6 heteroatoms. The summed E-state index contributed by atoms with van der Waals surface area (Å²) in [5.41, 5.74) is 0.176. The third-order valence-electron chi connectivity index (χ3n) is 3.72. The van der Waals surface area contributed by atoms with Crippen molar-refractivity contribution in [2.45, 2.75) is 18.4 Å². The van der Waals surface area contributed by atoms with Crippen LogP contribution in [0.5, 0.6) is 0 Å². The molecule has 3 heterocycles. The molecule has 1 spiro atoms. The third-order valence-corrected chi connectivity index (χ3v) is 3.72. The zero-order valence-electron chi connectivity index (χ0n) is 10.6. The fourth-order valence-electron chi connectivity index (χ4n) is 2.63. The molecule has 3 amide bonds. The molecule has 1 unspecified atom stereocenters. The van der Waals surface area contributed by atoms with Gasteiger partial charge in [-0.25, -0.2) is 4.79 Å². The monoisotopic (exact) mass is 260 g/mol. The van der Waals surface area contributed by atoms with Crippen molar-refractivity contribution in [3.8, 4) is 0 Å². The van der Waals surface area contributed by atoms with Gasteiger partial charge in [0, 0.05) is 31.4 Å². The first kappa shape index (κ1) is 12.1. The second-order valence-corrected chi connectivity index (χ2v) is 4.97. The van der Waals surface area contributed by atoms with Gasteiger partial charge in [-0.05, 0) is 25.1 Å². The van der Waals surface area contributed by atoms with Gasteiger partial charge in [-0.1, -0.05) is 6.07 Å². The van der Waals surface area contributed by atoms with E-state index in [1.54, 1.807) is 6.20 Å². The molecular weight excluding hydrogens is 244 g/mol. The lowest BCUT2D eigenvalue weighted by atomic mass is 9.99. The summed E-state index contributed by atoms with van der Waals surface area (Å²) in [5.74, 6) is -0.113. The highest BCUT2D eigenvalue weighted by molar-refractivity contribution is 6.07. The Labute approximate surface area is 111 Å². The summed E-state index contributed by atoms with van der Waals surface area (Å²) >= 11 is 0. The number of carbonyl (C=O) groups excluding carboxylic acids is 2. The first-order chi connectivity index (χ1) is 9.21. The number of aromatic nitrogens is 1. The number of nitrogens with one attached hydrogen (secondary N) is 2. The summed E-state index contributed by atoms with van der Waals surface area (Å²) in [5, 5.41) is 5.95. The van der Waals surface area contributed by atoms with Gasteiger partial charge in [-0.2, -0.15) is 0 Å². The van der Waals surface area contributed by atoms with Crippen LogP contribution in [-0.4, -0.2) is 47.0 Å². The quantitative estimate of drug-likeness (QED) is 0.745. The van der Waals surface area contributed by atoms with E-state index in [4.69, 9.17) is 0 Å². The molecule has 19 heavy (non-hydrogen) atoms. The molecule has 0 aromatic carbocycles. The maximum absolute atomic E-state index is 12.3. The first-order valence-electron chi connectivity index (χ1n) is 6.46. The number of rotatable bonds is 3. The highest BCUT2D eigenvalue weighted by Crippen LogP contribution is 2.24. The highest BCUT2D eigenvalue weighted by atomic mass is 16.2. The van der Waals surface area contributed by atoms with E-state index in [1.807, 2.05) is 18.2 Å². The number of hydrogen-bond donors (Lipinski definition) is 2. The van der Waals surface area contributed by atoms with Crippen LogP contribution < -0.4 is 10.6 Å². The summed E-state index contributed by atoms with van der Waals surface area (Å²) < 4.78 is 0. The minimum atomic E-state index is -0.707. The molecule has 1 aromatic rings. The topological polar surface area (TPSA) is 74.3 Å². The summed E-state index contributed by atoms with van der Waals surface area (Å²) in [6.45, 7) is 1.67. The number of carbonyl (C=O) groups is 2. The Morgan fingerprint density at radius 1 is 1.37 bits per heavy atom. The van der Waals surface area contributed by atoms with Crippen LogP contribution in [0, 0.1) is 0 Å². The average Bonchev–Trinajstić information content (AvgIpc) is 2.97. The van der Waals surface area contributed by atoms with E-state index in [2.05, 4.69) is 15.6 Å². The van der Waals surface area contributed by atoms with E-state index in [-0.39, 0.29) is 11.9 Å². The van der Waals surface area contributed by atoms with Gasteiger partial charge in [-0.15, -0.1) is 0 Å². The molecule has 2 aliphatic heterocycles. The molecule has 3 rings (SSSR count). The molecule has 2 N–H and O–H groups in total. The molecule has 0 radical (unpaired) electrons. The molecule has 2 aliphatic rings. The Balaban J connectivity index is 1.68. The standard InChI is InChI=1S/C13H16N4O2/c18-11-13(5-7-14-9-13)16-12(19)17(11)8-4-10-3-1-2-6-15-10/h1-3,6,14H,4-5,7-9H2,(H,16,19). The molecule has 0 aliphatic carbocycles. The van der Waals surface area contributed by atoms with Crippen LogP contribution in [0.3, 0.4) is 0 Å². The van der Waals surface area contributed by atoms with Gasteiger partial charge in [0.2, 0.25) is 0 Å². The number of imide groups is 1. The van der Waals surface area contributed by atoms with Crippen molar-refractivity contribution in [3.05, 3.63) is 30.1 Å². The second-order valence-electron chi connectivity index (χ2n) is 4.97. The minimum absolute atomic E-state index is 0.113. The van der Waals surface area contributed by atoms with Crippen LogP contribution in [0.25, 0.3) is 0 Å². The number of hydrogen-bond acceptors (Lipinski definition) is 4. The zero-order chi connectivity index (χ0) is 13.3. The Kier molecular flexibility index (Phi) is 2.94. The minimum Gasteiger partial charge on any atom is -0.322 e. The van der Waals surface area contributed by atoms with Crippen molar-refractivity contribution in [1.29, 1.82) is 0 Å². The van der Waals surface area contributed by atoms with Crippen molar-refractivity contribution in [1.82, 2.24) is 20.5 Å². The Hall–Kier alpha value is -1.95. The molecule has 1 atom stereocenters. The van der Waals surface area contributed by atoms with Gasteiger partial charge in [0.05, 0.1) is 0 Å². The lowest BCUT2D eigenvalue weighted by molar-refractivity contribution is -0.130. The molecule has 0 saturated carbocycles. The predicted molar refractivity (Wildman–Crippen MR) is 68.4 cm³/mol. The van der Waals surface area contributed by atoms with E-state index in [9.17, 15) is 9.59 Å². The van der Waals surface area contributed by atoms with E-state index in [1.165, 1.54) is 4.90 Å². The van der Waals surface area contributed by atoms with Gasteiger partial charge in [0.1, 0.15) is 5.54 Å². The predicted octanol–water partition coefficient (Wildman–Crippen LogP) is -0.0920. The van der Waals surface area contributed by atoms with Gasteiger partial charge >= 0.3 is 6.03 Å². The van der Waals surface area contributed by atoms with Crippen molar-refractivity contribution in [2.24, 2.45) is 0 Å². The largest absolute Gasteiger partial charge is 0.325 e. The van der Waals surface area contributed by atoms with Crippen LogP contribution in [0.1, 0.15) is 12.1 Å². The molecule has 1 aromatic heterocycles. The number of urea groups is 1. The highest BCUT2D eigenvalue weighted by Gasteiger charge is 2.52. The van der Waals surface area contributed by atoms with Crippen molar-refractivity contribution in [2.75, 3.05) is 19.6 Å². The van der Waals surface area contributed by atoms with E-state index in [0.29, 0.717) is 25.9 Å². The fraction of sp³-hybridized carbons (Fsp3) is 0.462. The smallest absolute Gasteiger partial charge is 0.322 e. The maximum Gasteiger partial charge on any atom is 0.325 e. The number of pyridine rings is 1. The first-order valence-corrected chi connectivity index (χ1v) is 6.46. The Morgan fingerprint density at radius 2 is 2.26 bits per heavy atom. The van der Waals surface area contributed by atoms with Crippen molar-refractivity contribution < 1.29 is 9.59 Å². The lowest BCUT2D eigenvalue weighted by Gasteiger charge is -2.19. The van der Waals surface area contributed by atoms with Crippen molar-refractivity contribution >= 4 is 11.9 Å². The summed E-state index contributed by atoms with van der Waals surface area (Å²) in [6.07, 6.45) is 2.96. The maximum atomic E-state index is 12.3. The Bertz CT molecular complexity index is 497. The Morgan fingerprint density at radius 3 is 2.95 bits per heavy atom. The van der Waals surface area contributed by atoms with Crippen LogP contribution in [0.15, 0.2) is 24.4 Å². The summed E-state index contributed by atoms with van der Waals surface area (Å²) in [7, 11) is 0. The number of amides is 3. The fourth-order valence-corrected chi connectivity index (χ4v) is 2.63. The van der Waals surface area contributed by atoms with E-state index < -0.39 is 5.54 Å². The molecule has 6 nitrogen and oxygen atoms in total. The van der Waals surface area contributed by atoms with Crippen LogP contribution >= 0.6 is 0 Å². The summed E-state index contributed by atoms with van der Waals surface area (Å²) in [4.78, 5) is 29.8. The third kappa shape index (κ3) is 2.08. The van der Waals surface area contributed by atoms with Gasteiger partial charge in [-0.3, -0.25) is 14.7 Å². The van der Waals surface area contributed by atoms with E-state index >= 15 is 0 Å². The van der Waals surface area contributed by atoms with Gasteiger partial charge in [0.25, 0.3) is 5.91 Å². The van der Waals surface area contributed by atoms with Crippen LogP contribution in [0.2, 0.25) is 0 Å². The number of nitrogens with zero attached hydrogens (tertiary/aromatic N) is 2. The summed E-state index contributed by atoms with van der Waals surface area (Å²) in [6, 6.07) is 5.35. The molecule has 0 bridgehead atoms. The lowest BCUT2D eigenvalue weighted by Crippen LogP contribution is -2.48. The average molecular weight is 260 g/mol. The SMILES string of the molecule is O=C1NC2(CCNC2)C(=O)N1CCc1ccccn1. The van der Waals surface area contributed by atoms with Crippen molar-refractivity contribution in [3.63, 3.8) is 0 Å².